The molecular formula is C21H27N3O4. The van der Waals surface area contributed by atoms with E-state index in [2.05, 4.69) is 15.5 Å². The molecule has 0 saturated carbocycles. The number of hydrogen-bond acceptors (Lipinski definition) is 5. The molecule has 28 heavy (non-hydrogen) atoms. The van der Waals surface area contributed by atoms with Crippen LogP contribution in [-0.4, -0.2) is 73.9 Å². The van der Waals surface area contributed by atoms with E-state index >= 15 is 0 Å². The van der Waals surface area contributed by atoms with Gasteiger partial charge in [-0.2, -0.15) is 0 Å². The van der Waals surface area contributed by atoms with E-state index in [1.165, 1.54) is 0 Å². The molecule has 150 valence electrons. The van der Waals surface area contributed by atoms with Gasteiger partial charge in [0.25, 0.3) is 0 Å². The summed E-state index contributed by atoms with van der Waals surface area (Å²) in [6.07, 6.45) is 0.155. The molecule has 7 heteroatoms. The lowest BCUT2D eigenvalue weighted by atomic mass is 10.0. The van der Waals surface area contributed by atoms with Gasteiger partial charge in [0.15, 0.2) is 0 Å². The highest BCUT2D eigenvalue weighted by molar-refractivity contribution is 5.89. The van der Waals surface area contributed by atoms with Gasteiger partial charge in [0.1, 0.15) is 6.04 Å². The van der Waals surface area contributed by atoms with Gasteiger partial charge in [0.05, 0.1) is 26.2 Å². The number of amides is 2. The van der Waals surface area contributed by atoms with Crippen LogP contribution in [0.4, 0.5) is 0 Å². The number of fused-ring (bicyclic) bond motifs is 1. The van der Waals surface area contributed by atoms with E-state index in [0.29, 0.717) is 19.8 Å². The molecule has 1 fully saturated rings. The van der Waals surface area contributed by atoms with Crippen LogP contribution in [0.2, 0.25) is 0 Å². The van der Waals surface area contributed by atoms with Gasteiger partial charge in [-0.3, -0.25) is 14.5 Å². The molecule has 1 atom stereocenters. The van der Waals surface area contributed by atoms with Crippen molar-refractivity contribution in [3.8, 4) is 0 Å². The van der Waals surface area contributed by atoms with Gasteiger partial charge >= 0.3 is 0 Å². The summed E-state index contributed by atoms with van der Waals surface area (Å²) in [6.45, 7) is 3.86. The fraction of sp³-hybridized carbons (Fsp3) is 0.429. The van der Waals surface area contributed by atoms with Crippen molar-refractivity contribution in [2.45, 2.75) is 12.5 Å². The number of nitrogens with zero attached hydrogens (tertiary/aromatic N) is 1. The second-order valence-corrected chi connectivity index (χ2v) is 6.91. The number of aliphatic hydroxyl groups excluding tert-OH is 1. The summed E-state index contributed by atoms with van der Waals surface area (Å²) in [6, 6.07) is 12.8. The fourth-order valence-electron chi connectivity index (χ4n) is 3.26. The summed E-state index contributed by atoms with van der Waals surface area (Å²) >= 11 is 0. The summed E-state index contributed by atoms with van der Waals surface area (Å²) in [7, 11) is 0. The molecule has 2 amide bonds. The Balaban J connectivity index is 1.46. The Morgan fingerprint density at radius 1 is 1.11 bits per heavy atom. The normalized spacial score (nSPS) is 15.9. The van der Waals surface area contributed by atoms with E-state index in [-0.39, 0.29) is 18.2 Å². The molecule has 0 aromatic heterocycles. The summed E-state index contributed by atoms with van der Waals surface area (Å²) < 4.78 is 5.29. The Kier molecular flexibility index (Phi) is 7.36. The van der Waals surface area contributed by atoms with Crippen LogP contribution >= 0.6 is 0 Å². The molecule has 1 aliphatic rings. The highest BCUT2D eigenvalue weighted by Gasteiger charge is 2.20. The van der Waals surface area contributed by atoms with E-state index in [4.69, 9.17) is 4.74 Å². The van der Waals surface area contributed by atoms with Gasteiger partial charge in [0.2, 0.25) is 11.8 Å². The number of carbonyl (C=O) groups excluding carboxylic acids is 2. The smallest absolute Gasteiger partial charge is 0.245 e. The van der Waals surface area contributed by atoms with Gasteiger partial charge in [-0.1, -0.05) is 42.5 Å². The van der Waals surface area contributed by atoms with Crippen molar-refractivity contribution in [2.75, 3.05) is 46.0 Å². The van der Waals surface area contributed by atoms with Crippen molar-refractivity contribution in [1.29, 1.82) is 0 Å². The molecular weight excluding hydrogens is 358 g/mol. The van der Waals surface area contributed by atoms with Crippen molar-refractivity contribution >= 4 is 22.6 Å². The lowest BCUT2D eigenvalue weighted by Crippen LogP contribution is -2.51. The van der Waals surface area contributed by atoms with Crippen LogP contribution in [0, 0.1) is 0 Å². The predicted molar refractivity (Wildman–Crippen MR) is 107 cm³/mol. The minimum Gasteiger partial charge on any atom is -0.394 e. The van der Waals surface area contributed by atoms with Crippen LogP contribution in [0.5, 0.6) is 0 Å². The zero-order valence-corrected chi connectivity index (χ0v) is 15.9. The van der Waals surface area contributed by atoms with Crippen LogP contribution < -0.4 is 10.6 Å². The molecule has 0 bridgehead atoms. The average molecular weight is 385 g/mol. The SMILES string of the molecule is O=C(Cc1ccc2ccccc2c1)N[C@@H](CO)C(=O)NCCN1CCOCC1. The number of aliphatic hydroxyl groups is 1. The van der Waals surface area contributed by atoms with Crippen molar-refractivity contribution in [2.24, 2.45) is 0 Å². The van der Waals surface area contributed by atoms with E-state index in [9.17, 15) is 14.7 Å². The van der Waals surface area contributed by atoms with Crippen LogP contribution in [0.3, 0.4) is 0 Å². The molecule has 7 nitrogen and oxygen atoms in total. The highest BCUT2D eigenvalue weighted by Crippen LogP contribution is 2.15. The molecule has 0 radical (unpaired) electrons. The van der Waals surface area contributed by atoms with Gasteiger partial charge < -0.3 is 20.5 Å². The topological polar surface area (TPSA) is 90.9 Å². The molecule has 3 N–H and O–H groups in total. The van der Waals surface area contributed by atoms with E-state index < -0.39 is 12.6 Å². The van der Waals surface area contributed by atoms with Crippen LogP contribution in [0.1, 0.15) is 5.56 Å². The molecule has 1 aliphatic heterocycles. The van der Waals surface area contributed by atoms with Gasteiger partial charge in [0, 0.05) is 26.2 Å². The second kappa shape index (κ2) is 10.2. The second-order valence-electron chi connectivity index (χ2n) is 6.91. The van der Waals surface area contributed by atoms with Crippen molar-refractivity contribution < 1.29 is 19.4 Å². The largest absolute Gasteiger partial charge is 0.394 e. The van der Waals surface area contributed by atoms with Crippen LogP contribution in [0.15, 0.2) is 42.5 Å². The van der Waals surface area contributed by atoms with Gasteiger partial charge in [-0.15, -0.1) is 0 Å². The Labute approximate surface area is 164 Å². The summed E-state index contributed by atoms with van der Waals surface area (Å²) in [4.78, 5) is 26.8. The molecule has 0 unspecified atom stereocenters. The molecule has 1 saturated heterocycles. The monoisotopic (exact) mass is 385 g/mol. The Morgan fingerprint density at radius 3 is 2.61 bits per heavy atom. The molecule has 0 aliphatic carbocycles. The van der Waals surface area contributed by atoms with Gasteiger partial charge in [-0.25, -0.2) is 0 Å². The first-order valence-electron chi connectivity index (χ1n) is 9.61. The Hall–Kier alpha value is -2.48. The van der Waals surface area contributed by atoms with Crippen molar-refractivity contribution in [1.82, 2.24) is 15.5 Å². The fourth-order valence-corrected chi connectivity index (χ4v) is 3.26. The summed E-state index contributed by atoms with van der Waals surface area (Å²) in [5.41, 5.74) is 0.862. The van der Waals surface area contributed by atoms with Crippen molar-refractivity contribution in [3.63, 3.8) is 0 Å². The minimum atomic E-state index is -0.947. The Bertz CT molecular complexity index is 805. The van der Waals surface area contributed by atoms with Gasteiger partial charge in [-0.05, 0) is 16.3 Å². The number of carbonyl (C=O) groups is 2. The molecule has 2 aromatic carbocycles. The number of morpholine rings is 1. The van der Waals surface area contributed by atoms with E-state index in [1.807, 2.05) is 42.5 Å². The average Bonchev–Trinajstić information content (AvgIpc) is 2.72. The highest BCUT2D eigenvalue weighted by atomic mass is 16.5. The van der Waals surface area contributed by atoms with E-state index in [1.54, 1.807) is 0 Å². The molecule has 2 aromatic rings. The lowest BCUT2D eigenvalue weighted by molar-refractivity contribution is -0.129. The number of ether oxygens (including phenoxy) is 1. The maximum atomic E-state index is 12.3. The summed E-state index contributed by atoms with van der Waals surface area (Å²) in [5.74, 6) is -0.666. The maximum Gasteiger partial charge on any atom is 0.245 e. The first-order chi connectivity index (χ1) is 13.7. The maximum absolute atomic E-state index is 12.3. The predicted octanol–water partition coefficient (Wildman–Crippen LogP) is 0.308. The third-order valence-electron chi connectivity index (χ3n) is 4.84. The first-order valence-corrected chi connectivity index (χ1v) is 9.61. The molecule has 1 heterocycles. The third kappa shape index (κ3) is 5.76. The summed E-state index contributed by atoms with van der Waals surface area (Å²) in [5, 5.41) is 17.1. The first kappa shape index (κ1) is 20.3. The molecule has 3 rings (SSSR count). The van der Waals surface area contributed by atoms with Crippen molar-refractivity contribution in [3.05, 3.63) is 48.0 Å². The zero-order valence-electron chi connectivity index (χ0n) is 15.9. The minimum absolute atomic E-state index is 0.155. The zero-order chi connectivity index (χ0) is 19.8. The third-order valence-corrected chi connectivity index (χ3v) is 4.84. The van der Waals surface area contributed by atoms with E-state index in [0.717, 1.165) is 36.0 Å². The lowest BCUT2D eigenvalue weighted by Gasteiger charge is -2.26. The number of nitrogens with one attached hydrogen (secondary N) is 2. The standard InChI is InChI=1S/C21H27N3O4/c25-15-19(21(27)22-7-8-24-9-11-28-12-10-24)23-20(26)14-16-5-6-17-3-1-2-4-18(17)13-16/h1-6,13,19,25H,7-12,14-15H2,(H,22,27)(H,23,26)/t19-/m0/s1. The number of rotatable bonds is 8. The number of benzene rings is 2. The Morgan fingerprint density at radius 2 is 1.86 bits per heavy atom. The molecule has 0 spiro atoms. The number of hydrogen-bond donors (Lipinski definition) is 3. The quantitative estimate of drug-likeness (QED) is 0.608. The van der Waals surface area contributed by atoms with Crippen LogP contribution in [0.25, 0.3) is 10.8 Å². The van der Waals surface area contributed by atoms with Crippen LogP contribution in [-0.2, 0) is 20.7 Å².